The van der Waals surface area contributed by atoms with Crippen LogP contribution in [0.5, 0.6) is 0 Å². The number of cyclic esters (lactones) is 2. The molecule has 4 aromatic rings. The summed E-state index contributed by atoms with van der Waals surface area (Å²) in [7, 11) is 0. The second-order valence-corrected chi connectivity index (χ2v) is 8.74. The predicted octanol–water partition coefficient (Wildman–Crippen LogP) is 5.52. The van der Waals surface area contributed by atoms with Gasteiger partial charge in [0.2, 0.25) is 0 Å². The zero-order valence-electron chi connectivity index (χ0n) is 19.0. The molecule has 0 saturated carbocycles. The Morgan fingerprint density at radius 2 is 1.26 bits per heavy atom. The molecule has 1 aliphatic carbocycles. The number of esters is 1. The van der Waals surface area contributed by atoms with Crippen molar-refractivity contribution in [2.75, 3.05) is 6.61 Å². The average Bonchev–Trinajstić information content (AvgIpc) is 3.36. The summed E-state index contributed by atoms with van der Waals surface area (Å²) in [4.78, 5) is 28.1. The zero-order chi connectivity index (χ0) is 23.8. The van der Waals surface area contributed by atoms with Crippen LogP contribution >= 0.6 is 0 Å². The Labute approximate surface area is 203 Å². The van der Waals surface area contributed by atoms with Crippen molar-refractivity contribution in [1.29, 1.82) is 0 Å². The van der Waals surface area contributed by atoms with E-state index >= 15 is 0 Å². The first-order valence-corrected chi connectivity index (χ1v) is 11.6. The SMILES string of the molecule is O=C1OC(=O)N(C2(c3ccccc3)c3ccccc3-c3ccccc32)[C@H]1COCc1ccccc1. The van der Waals surface area contributed by atoms with Crippen LogP contribution in [0.2, 0.25) is 0 Å². The maximum absolute atomic E-state index is 13.4. The van der Waals surface area contributed by atoms with Crippen LogP contribution in [0.25, 0.3) is 11.1 Å². The number of hydrogen-bond donors (Lipinski definition) is 0. The van der Waals surface area contributed by atoms with E-state index in [2.05, 4.69) is 12.1 Å². The van der Waals surface area contributed by atoms with Gasteiger partial charge in [0.05, 0.1) is 13.2 Å². The molecule has 1 atom stereocenters. The van der Waals surface area contributed by atoms with Crippen LogP contribution in [0, 0.1) is 0 Å². The van der Waals surface area contributed by atoms with Crippen molar-refractivity contribution >= 4 is 12.1 Å². The summed E-state index contributed by atoms with van der Waals surface area (Å²) >= 11 is 0. The lowest BCUT2D eigenvalue weighted by atomic mass is 9.78. The Bertz CT molecular complexity index is 1350. The van der Waals surface area contributed by atoms with E-state index in [0.29, 0.717) is 6.61 Å². The molecular formula is C30H23NO4. The first-order valence-electron chi connectivity index (χ1n) is 11.6. The number of carbonyl (C=O) groups excluding carboxylic acids is 2. The number of carbonyl (C=O) groups is 2. The summed E-state index contributed by atoms with van der Waals surface area (Å²) < 4.78 is 11.2. The molecule has 0 aromatic heterocycles. The van der Waals surface area contributed by atoms with Crippen molar-refractivity contribution in [3.05, 3.63) is 131 Å². The molecule has 1 saturated heterocycles. The second kappa shape index (κ2) is 8.53. The third-order valence-corrected chi connectivity index (χ3v) is 6.83. The molecule has 4 aromatic carbocycles. The molecule has 5 heteroatoms. The number of fused-ring (bicyclic) bond motifs is 3. The molecule has 6 rings (SSSR count). The fourth-order valence-corrected chi connectivity index (χ4v) is 5.41. The quantitative estimate of drug-likeness (QED) is 0.280. The molecule has 1 aliphatic heterocycles. The van der Waals surface area contributed by atoms with Crippen LogP contribution in [0.15, 0.2) is 109 Å². The Balaban J connectivity index is 1.50. The number of amides is 1. The highest BCUT2D eigenvalue weighted by molar-refractivity contribution is 5.98. The Morgan fingerprint density at radius 1 is 0.714 bits per heavy atom. The Kier molecular flexibility index (Phi) is 5.20. The van der Waals surface area contributed by atoms with Gasteiger partial charge in [-0.3, -0.25) is 4.90 Å². The van der Waals surface area contributed by atoms with E-state index in [-0.39, 0.29) is 6.61 Å². The van der Waals surface area contributed by atoms with Gasteiger partial charge >= 0.3 is 12.1 Å². The highest BCUT2D eigenvalue weighted by Crippen LogP contribution is 2.55. The summed E-state index contributed by atoms with van der Waals surface area (Å²) in [6.07, 6.45) is -0.668. The molecule has 0 N–H and O–H groups in total. The zero-order valence-corrected chi connectivity index (χ0v) is 19.0. The van der Waals surface area contributed by atoms with Gasteiger partial charge in [-0.25, -0.2) is 9.59 Å². The van der Waals surface area contributed by atoms with E-state index < -0.39 is 23.6 Å². The largest absolute Gasteiger partial charge is 0.419 e. The summed E-state index contributed by atoms with van der Waals surface area (Å²) in [6.45, 7) is 0.358. The molecule has 172 valence electrons. The minimum absolute atomic E-state index is 0.0262. The molecule has 2 aliphatic rings. The average molecular weight is 462 g/mol. The molecule has 0 radical (unpaired) electrons. The van der Waals surface area contributed by atoms with E-state index in [4.69, 9.17) is 9.47 Å². The third kappa shape index (κ3) is 3.27. The van der Waals surface area contributed by atoms with Gasteiger partial charge in [0.1, 0.15) is 5.54 Å². The summed E-state index contributed by atoms with van der Waals surface area (Å²) in [5.74, 6) is -0.597. The predicted molar refractivity (Wildman–Crippen MR) is 131 cm³/mol. The van der Waals surface area contributed by atoms with Crippen LogP contribution in [0.1, 0.15) is 22.3 Å². The third-order valence-electron chi connectivity index (χ3n) is 6.83. The number of ether oxygens (including phenoxy) is 2. The highest BCUT2D eigenvalue weighted by atomic mass is 16.6. The van der Waals surface area contributed by atoms with Crippen molar-refractivity contribution in [3.8, 4) is 11.1 Å². The van der Waals surface area contributed by atoms with Crippen molar-refractivity contribution in [1.82, 2.24) is 4.90 Å². The molecular weight excluding hydrogens is 438 g/mol. The van der Waals surface area contributed by atoms with Gasteiger partial charge < -0.3 is 9.47 Å². The van der Waals surface area contributed by atoms with Crippen LogP contribution in [0.4, 0.5) is 4.79 Å². The van der Waals surface area contributed by atoms with Crippen molar-refractivity contribution in [3.63, 3.8) is 0 Å². The first-order chi connectivity index (χ1) is 17.2. The molecule has 35 heavy (non-hydrogen) atoms. The molecule has 0 bridgehead atoms. The van der Waals surface area contributed by atoms with Crippen molar-refractivity contribution < 1.29 is 19.1 Å². The van der Waals surface area contributed by atoms with Crippen molar-refractivity contribution in [2.24, 2.45) is 0 Å². The molecule has 0 unspecified atom stereocenters. The number of rotatable bonds is 6. The Hall–Kier alpha value is -4.22. The van der Waals surface area contributed by atoms with E-state index in [1.54, 1.807) is 4.90 Å². The minimum Gasteiger partial charge on any atom is -0.374 e. The van der Waals surface area contributed by atoms with Gasteiger partial charge in [0, 0.05) is 0 Å². The Morgan fingerprint density at radius 3 is 1.89 bits per heavy atom. The summed E-state index contributed by atoms with van der Waals surface area (Å²) in [6, 6.07) is 34.8. The number of hydrogen-bond acceptors (Lipinski definition) is 4. The maximum Gasteiger partial charge on any atom is 0.419 e. The lowest BCUT2D eigenvalue weighted by Gasteiger charge is -2.41. The van der Waals surface area contributed by atoms with Crippen LogP contribution < -0.4 is 0 Å². The smallest absolute Gasteiger partial charge is 0.374 e. The molecule has 1 heterocycles. The van der Waals surface area contributed by atoms with Gasteiger partial charge in [-0.05, 0) is 33.4 Å². The minimum atomic E-state index is -1.03. The van der Waals surface area contributed by atoms with Gasteiger partial charge in [-0.15, -0.1) is 0 Å². The molecule has 0 spiro atoms. The molecule has 5 nitrogen and oxygen atoms in total. The molecule has 1 amide bonds. The topological polar surface area (TPSA) is 55.8 Å². The van der Waals surface area contributed by atoms with Crippen LogP contribution in [0.3, 0.4) is 0 Å². The van der Waals surface area contributed by atoms with Crippen LogP contribution in [-0.4, -0.2) is 29.6 Å². The number of benzene rings is 4. The molecule has 1 fully saturated rings. The monoisotopic (exact) mass is 461 g/mol. The van der Waals surface area contributed by atoms with E-state index in [1.165, 1.54) is 0 Å². The highest BCUT2D eigenvalue weighted by Gasteiger charge is 2.58. The number of nitrogens with zero attached hydrogens (tertiary/aromatic N) is 1. The maximum atomic E-state index is 13.4. The first kappa shape index (κ1) is 21.3. The van der Waals surface area contributed by atoms with Gasteiger partial charge in [-0.2, -0.15) is 0 Å². The lowest BCUT2D eigenvalue weighted by molar-refractivity contribution is -0.137. The summed E-state index contributed by atoms with van der Waals surface area (Å²) in [5, 5.41) is 0. The van der Waals surface area contributed by atoms with E-state index in [0.717, 1.165) is 33.4 Å². The lowest BCUT2D eigenvalue weighted by Crippen LogP contribution is -2.53. The summed E-state index contributed by atoms with van der Waals surface area (Å²) in [5.41, 5.74) is 4.78. The van der Waals surface area contributed by atoms with Crippen LogP contribution in [-0.2, 0) is 26.4 Å². The fraction of sp³-hybridized carbons (Fsp3) is 0.133. The standard InChI is InChI=1S/C30H23NO4/c32-28-27(20-34-19-21-11-3-1-4-12-21)31(29(33)35-28)30(22-13-5-2-6-14-22)25-17-9-7-15-23(25)24-16-8-10-18-26(24)30/h1-18,27H,19-20H2/t27-/m0/s1. The van der Waals surface area contributed by atoms with Gasteiger partial charge in [0.15, 0.2) is 6.04 Å². The van der Waals surface area contributed by atoms with Crippen molar-refractivity contribution in [2.45, 2.75) is 18.2 Å². The fourth-order valence-electron chi connectivity index (χ4n) is 5.41. The van der Waals surface area contributed by atoms with E-state index in [9.17, 15) is 9.59 Å². The van der Waals surface area contributed by atoms with Gasteiger partial charge in [-0.1, -0.05) is 109 Å². The normalized spacial score (nSPS) is 17.7. The second-order valence-electron chi connectivity index (χ2n) is 8.74. The van der Waals surface area contributed by atoms with E-state index in [1.807, 2.05) is 97.1 Å². The van der Waals surface area contributed by atoms with Gasteiger partial charge in [0.25, 0.3) is 0 Å².